The molecule has 4 heteroatoms. The van der Waals surface area contributed by atoms with Crippen molar-refractivity contribution in [2.45, 2.75) is 19.4 Å². The first kappa shape index (κ1) is 10.2. The van der Waals surface area contributed by atoms with E-state index in [4.69, 9.17) is 5.11 Å². The van der Waals surface area contributed by atoms with E-state index in [0.29, 0.717) is 6.54 Å². The monoisotopic (exact) mass is 183 g/mol. The Hall–Kier alpha value is -0.870. The number of aryl methyl sites for hydroxylation is 1. The predicted molar refractivity (Wildman–Crippen MR) is 51.5 cm³/mol. The van der Waals surface area contributed by atoms with Gasteiger partial charge in [-0.3, -0.25) is 4.68 Å². The molecule has 1 aromatic rings. The molecule has 0 saturated heterocycles. The number of hydrogen-bond donors (Lipinski definition) is 2. The number of aliphatic hydroxyl groups is 1. The fraction of sp³-hybridized carbons (Fsp3) is 0.667. The van der Waals surface area contributed by atoms with Gasteiger partial charge in [0.15, 0.2) is 0 Å². The molecule has 1 rings (SSSR count). The van der Waals surface area contributed by atoms with E-state index in [1.165, 1.54) is 5.56 Å². The summed E-state index contributed by atoms with van der Waals surface area (Å²) in [5.41, 5.74) is 1.22. The van der Waals surface area contributed by atoms with E-state index >= 15 is 0 Å². The van der Waals surface area contributed by atoms with Crippen LogP contribution >= 0.6 is 0 Å². The molecule has 0 aliphatic heterocycles. The van der Waals surface area contributed by atoms with Crippen molar-refractivity contribution in [3.8, 4) is 0 Å². The smallest absolute Gasteiger partial charge is 0.0636 e. The van der Waals surface area contributed by atoms with Crippen LogP contribution in [0.4, 0.5) is 0 Å². The zero-order valence-corrected chi connectivity index (χ0v) is 8.20. The highest BCUT2D eigenvalue weighted by molar-refractivity contribution is 5.03. The molecule has 0 fully saturated rings. The second kappa shape index (κ2) is 4.99. The number of rotatable bonds is 5. The van der Waals surface area contributed by atoms with Gasteiger partial charge in [-0.25, -0.2) is 0 Å². The molecule has 0 aromatic carbocycles. The Labute approximate surface area is 78.6 Å². The predicted octanol–water partition coefficient (Wildman–Crippen LogP) is -0.0670. The minimum Gasteiger partial charge on any atom is -0.392 e. The molecule has 0 bridgehead atoms. The molecule has 0 aliphatic carbocycles. The van der Waals surface area contributed by atoms with Crippen LogP contribution < -0.4 is 5.32 Å². The fourth-order valence-electron chi connectivity index (χ4n) is 1.14. The molecule has 1 atom stereocenters. The van der Waals surface area contributed by atoms with Crippen molar-refractivity contribution in [3.63, 3.8) is 0 Å². The van der Waals surface area contributed by atoms with E-state index < -0.39 is 0 Å². The number of hydrogen-bond acceptors (Lipinski definition) is 3. The summed E-state index contributed by atoms with van der Waals surface area (Å²) >= 11 is 0. The van der Waals surface area contributed by atoms with Crippen LogP contribution in [0.5, 0.6) is 0 Å². The van der Waals surface area contributed by atoms with Crippen LogP contribution in [0.15, 0.2) is 12.4 Å². The van der Waals surface area contributed by atoms with Crippen LogP contribution in [0.3, 0.4) is 0 Å². The van der Waals surface area contributed by atoms with Crippen LogP contribution in [-0.4, -0.2) is 34.1 Å². The van der Waals surface area contributed by atoms with Gasteiger partial charge in [0.2, 0.25) is 0 Å². The number of nitrogens with one attached hydrogen (secondary N) is 1. The topological polar surface area (TPSA) is 50.1 Å². The Kier molecular flexibility index (Phi) is 3.92. The summed E-state index contributed by atoms with van der Waals surface area (Å²) in [5.74, 6) is 0. The van der Waals surface area contributed by atoms with Crippen LogP contribution in [0, 0.1) is 0 Å². The highest BCUT2D eigenvalue weighted by atomic mass is 16.3. The van der Waals surface area contributed by atoms with Crippen molar-refractivity contribution in [1.29, 1.82) is 0 Å². The van der Waals surface area contributed by atoms with Crippen molar-refractivity contribution < 1.29 is 5.11 Å². The van der Waals surface area contributed by atoms with Crippen molar-refractivity contribution in [2.75, 3.05) is 13.1 Å². The van der Waals surface area contributed by atoms with Crippen molar-refractivity contribution >= 4 is 0 Å². The zero-order valence-electron chi connectivity index (χ0n) is 8.20. The minimum absolute atomic E-state index is 0.270. The van der Waals surface area contributed by atoms with Gasteiger partial charge in [0.25, 0.3) is 0 Å². The molecule has 1 unspecified atom stereocenters. The van der Waals surface area contributed by atoms with E-state index in [9.17, 15) is 0 Å². The normalized spacial score (nSPS) is 13.2. The maximum atomic E-state index is 8.97. The standard InChI is InChI=1S/C9H17N3O/c1-8(13)5-10-4-3-9-6-11-12(2)7-9/h6-8,10,13H,3-5H2,1-2H3. The lowest BCUT2D eigenvalue weighted by Crippen LogP contribution is -2.26. The Morgan fingerprint density at radius 3 is 3.00 bits per heavy atom. The Morgan fingerprint density at radius 1 is 1.69 bits per heavy atom. The van der Waals surface area contributed by atoms with Crippen molar-refractivity contribution in [1.82, 2.24) is 15.1 Å². The Morgan fingerprint density at radius 2 is 2.46 bits per heavy atom. The summed E-state index contributed by atoms with van der Waals surface area (Å²) in [6, 6.07) is 0. The van der Waals surface area contributed by atoms with Gasteiger partial charge in [0.05, 0.1) is 12.3 Å². The third-order valence-corrected chi connectivity index (χ3v) is 1.79. The lowest BCUT2D eigenvalue weighted by atomic mass is 10.2. The molecule has 74 valence electrons. The minimum atomic E-state index is -0.270. The molecule has 0 spiro atoms. The van der Waals surface area contributed by atoms with Crippen LogP contribution in [0.25, 0.3) is 0 Å². The molecule has 1 heterocycles. The van der Waals surface area contributed by atoms with Gasteiger partial charge >= 0.3 is 0 Å². The quantitative estimate of drug-likeness (QED) is 0.628. The van der Waals surface area contributed by atoms with Gasteiger partial charge in [-0.15, -0.1) is 0 Å². The van der Waals surface area contributed by atoms with Gasteiger partial charge in [-0.1, -0.05) is 0 Å². The van der Waals surface area contributed by atoms with Gasteiger partial charge < -0.3 is 10.4 Å². The third kappa shape index (κ3) is 4.05. The largest absolute Gasteiger partial charge is 0.392 e. The molecule has 0 aliphatic rings. The summed E-state index contributed by atoms with van der Waals surface area (Å²) in [7, 11) is 1.91. The molecule has 1 aromatic heterocycles. The van der Waals surface area contributed by atoms with E-state index in [1.807, 2.05) is 19.4 Å². The first-order chi connectivity index (χ1) is 6.18. The second-order valence-electron chi connectivity index (χ2n) is 3.33. The summed E-state index contributed by atoms with van der Waals surface area (Å²) in [5, 5.41) is 16.2. The average molecular weight is 183 g/mol. The van der Waals surface area contributed by atoms with Gasteiger partial charge in [0.1, 0.15) is 0 Å². The summed E-state index contributed by atoms with van der Waals surface area (Å²) in [6.45, 7) is 3.31. The van der Waals surface area contributed by atoms with Crippen LogP contribution in [-0.2, 0) is 13.5 Å². The maximum Gasteiger partial charge on any atom is 0.0636 e. The van der Waals surface area contributed by atoms with Gasteiger partial charge in [0, 0.05) is 19.8 Å². The average Bonchev–Trinajstić information content (AvgIpc) is 2.45. The van der Waals surface area contributed by atoms with Gasteiger partial charge in [-0.05, 0) is 25.5 Å². The first-order valence-electron chi connectivity index (χ1n) is 4.55. The molecule has 0 radical (unpaired) electrons. The number of aromatic nitrogens is 2. The third-order valence-electron chi connectivity index (χ3n) is 1.79. The highest BCUT2D eigenvalue weighted by Crippen LogP contribution is 1.95. The SMILES string of the molecule is CC(O)CNCCc1cnn(C)c1. The molecule has 2 N–H and O–H groups in total. The molecule has 0 amide bonds. The lowest BCUT2D eigenvalue weighted by molar-refractivity contribution is 0.191. The molecule has 13 heavy (non-hydrogen) atoms. The van der Waals surface area contributed by atoms with E-state index in [1.54, 1.807) is 11.6 Å². The van der Waals surface area contributed by atoms with Crippen LogP contribution in [0.2, 0.25) is 0 Å². The fourth-order valence-corrected chi connectivity index (χ4v) is 1.14. The molecular formula is C9H17N3O. The van der Waals surface area contributed by atoms with Gasteiger partial charge in [-0.2, -0.15) is 5.10 Å². The highest BCUT2D eigenvalue weighted by Gasteiger charge is 1.97. The van der Waals surface area contributed by atoms with E-state index in [2.05, 4.69) is 10.4 Å². The molecular weight excluding hydrogens is 166 g/mol. The maximum absolute atomic E-state index is 8.97. The summed E-state index contributed by atoms with van der Waals surface area (Å²) in [4.78, 5) is 0. The van der Waals surface area contributed by atoms with E-state index in [0.717, 1.165) is 13.0 Å². The van der Waals surface area contributed by atoms with Crippen molar-refractivity contribution in [3.05, 3.63) is 18.0 Å². The van der Waals surface area contributed by atoms with Crippen molar-refractivity contribution in [2.24, 2.45) is 7.05 Å². The number of aliphatic hydroxyl groups excluding tert-OH is 1. The Balaban J connectivity index is 2.13. The summed E-state index contributed by atoms with van der Waals surface area (Å²) in [6.07, 6.45) is 4.56. The first-order valence-corrected chi connectivity index (χ1v) is 4.55. The summed E-state index contributed by atoms with van der Waals surface area (Å²) < 4.78 is 1.80. The zero-order chi connectivity index (χ0) is 9.68. The molecule has 4 nitrogen and oxygen atoms in total. The molecule has 0 saturated carbocycles. The van der Waals surface area contributed by atoms with Crippen LogP contribution in [0.1, 0.15) is 12.5 Å². The number of nitrogens with zero attached hydrogens (tertiary/aromatic N) is 2. The Bertz CT molecular complexity index is 245. The van der Waals surface area contributed by atoms with E-state index in [-0.39, 0.29) is 6.10 Å². The second-order valence-corrected chi connectivity index (χ2v) is 3.33. The lowest BCUT2D eigenvalue weighted by Gasteiger charge is -2.04.